The van der Waals surface area contributed by atoms with Gasteiger partial charge in [0.15, 0.2) is 0 Å². The van der Waals surface area contributed by atoms with Gasteiger partial charge in [-0.05, 0) is 12.8 Å². The molecule has 8 heteroatoms. The van der Waals surface area contributed by atoms with Crippen LogP contribution in [-0.4, -0.2) is 45.6 Å². The highest BCUT2D eigenvalue weighted by atomic mass is 35.5. The van der Waals surface area contributed by atoms with Crippen LogP contribution in [-0.2, 0) is 4.79 Å². The van der Waals surface area contributed by atoms with Crippen molar-refractivity contribution in [3.8, 4) is 0 Å². The van der Waals surface area contributed by atoms with E-state index in [1.54, 1.807) is 9.42 Å². The monoisotopic (exact) mass is 310 g/mol. The van der Waals surface area contributed by atoms with Gasteiger partial charge < -0.3 is 10.2 Å². The van der Waals surface area contributed by atoms with Gasteiger partial charge >= 0.3 is 0 Å². The first kappa shape index (κ1) is 15.5. The second kappa shape index (κ2) is 6.26. The fourth-order valence-electron chi connectivity index (χ4n) is 2.00. The Hall–Kier alpha value is -1.89. The molecule has 2 aromatic heterocycles. The molecule has 0 aliphatic rings. The number of carbonyl (C=O) groups is 1. The number of hydrogen-bond donors (Lipinski definition) is 1. The first-order chi connectivity index (χ1) is 9.90. The van der Waals surface area contributed by atoms with E-state index in [9.17, 15) is 4.79 Å². The number of amides is 1. The maximum atomic E-state index is 12.0. The number of rotatable bonds is 5. The van der Waals surface area contributed by atoms with Crippen LogP contribution in [0.5, 0.6) is 0 Å². The van der Waals surface area contributed by atoms with Crippen LogP contribution in [0, 0.1) is 12.8 Å². The number of anilines is 1. The molecule has 0 aromatic carbocycles. The number of nitrogens with one attached hydrogen (secondary N) is 1. The van der Waals surface area contributed by atoms with Gasteiger partial charge in [0.1, 0.15) is 17.3 Å². The minimum atomic E-state index is -0.0493. The molecule has 0 aliphatic carbocycles. The smallest absolute Gasteiger partial charge is 0.255 e. The van der Waals surface area contributed by atoms with E-state index < -0.39 is 0 Å². The van der Waals surface area contributed by atoms with Gasteiger partial charge in [-0.2, -0.15) is 19.6 Å². The number of likely N-dealkylation sites (N-methyl/N-ethyl adjacent to an activating group) is 1. The van der Waals surface area contributed by atoms with Gasteiger partial charge in [-0.25, -0.2) is 0 Å². The molecule has 0 spiro atoms. The molecule has 1 N–H and O–H groups in total. The molecule has 2 aromatic rings. The van der Waals surface area contributed by atoms with Gasteiger partial charge in [0.05, 0.1) is 6.54 Å². The summed E-state index contributed by atoms with van der Waals surface area (Å²) in [4.78, 5) is 21.9. The zero-order valence-electron chi connectivity index (χ0n) is 12.6. The van der Waals surface area contributed by atoms with Crippen LogP contribution >= 0.6 is 11.6 Å². The van der Waals surface area contributed by atoms with Gasteiger partial charge in [0.25, 0.3) is 5.78 Å². The van der Waals surface area contributed by atoms with Crippen molar-refractivity contribution in [1.82, 2.24) is 24.9 Å². The summed E-state index contributed by atoms with van der Waals surface area (Å²) < 4.78 is 1.58. The molecule has 0 bridgehead atoms. The summed E-state index contributed by atoms with van der Waals surface area (Å²) in [7, 11) is 1.81. The summed E-state index contributed by atoms with van der Waals surface area (Å²) in [5.41, 5.74) is 0.758. The molecule has 0 fully saturated rings. The lowest BCUT2D eigenvalue weighted by atomic mass is 10.2. The molecule has 2 rings (SSSR count). The van der Waals surface area contributed by atoms with Gasteiger partial charge in [-0.1, -0.05) is 25.4 Å². The minimum absolute atomic E-state index is 0.0493. The van der Waals surface area contributed by atoms with E-state index in [-0.39, 0.29) is 12.5 Å². The first-order valence-electron chi connectivity index (χ1n) is 6.73. The molecule has 0 atom stereocenters. The Morgan fingerprint density at radius 2 is 2.24 bits per heavy atom. The van der Waals surface area contributed by atoms with Gasteiger partial charge in [-0.15, -0.1) is 0 Å². The third kappa shape index (κ3) is 3.41. The van der Waals surface area contributed by atoms with Crippen LogP contribution in [0.3, 0.4) is 0 Å². The quantitative estimate of drug-likeness (QED) is 0.842. The first-order valence-corrected chi connectivity index (χ1v) is 7.11. The maximum Gasteiger partial charge on any atom is 0.255 e. The number of hydrogen-bond acceptors (Lipinski definition) is 5. The molecular formula is C13H19ClN6O. The number of carbonyl (C=O) groups excluding carboxylic acids is 1. The second-order valence-electron chi connectivity index (χ2n) is 5.38. The fourth-order valence-corrected chi connectivity index (χ4v) is 2.16. The van der Waals surface area contributed by atoms with Crippen molar-refractivity contribution >= 4 is 29.1 Å². The lowest BCUT2D eigenvalue weighted by molar-refractivity contribution is -0.119. The van der Waals surface area contributed by atoms with E-state index in [4.69, 9.17) is 11.6 Å². The van der Waals surface area contributed by atoms with Crippen molar-refractivity contribution in [3.05, 3.63) is 17.0 Å². The summed E-state index contributed by atoms with van der Waals surface area (Å²) >= 11 is 6.11. The van der Waals surface area contributed by atoms with Gasteiger partial charge in [0, 0.05) is 19.2 Å². The van der Waals surface area contributed by atoms with E-state index in [1.165, 1.54) is 6.33 Å². The molecule has 7 nitrogen and oxygen atoms in total. The predicted molar refractivity (Wildman–Crippen MR) is 81.6 cm³/mol. The number of aromatic nitrogens is 4. The van der Waals surface area contributed by atoms with Crippen LogP contribution in [0.1, 0.15) is 19.4 Å². The molecule has 0 aliphatic heterocycles. The molecule has 0 saturated heterocycles. The minimum Gasteiger partial charge on any atom is -0.354 e. The largest absolute Gasteiger partial charge is 0.354 e. The lowest BCUT2D eigenvalue weighted by Crippen LogP contribution is -2.37. The van der Waals surface area contributed by atoms with Gasteiger partial charge in [0.2, 0.25) is 5.91 Å². The molecule has 21 heavy (non-hydrogen) atoms. The Morgan fingerprint density at radius 3 is 2.90 bits per heavy atom. The Kier molecular flexibility index (Phi) is 4.62. The Labute approximate surface area is 128 Å². The van der Waals surface area contributed by atoms with E-state index in [0.29, 0.717) is 29.2 Å². The van der Waals surface area contributed by atoms with E-state index in [2.05, 4.69) is 34.2 Å². The summed E-state index contributed by atoms with van der Waals surface area (Å²) in [6.45, 7) is 6.81. The molecule has 0 saturated carbocycles. The normalized spacial score (nSPS) is 11.1. The van der Waals surface area contributed by atoms with Crippen molar-refractivity contribution in [2.45, 2.75) is 20.8 Å². The zero-order valence-corrected chi connectivity index (χ0v) is 13.3. The average molecular weight is 311 g/mol. The van der Waals surface area contributed by atoms with Crippen LogP contribution in [0.25, 0.3) is 5.78 Å². The lowest BCUT2D eigenvalue weighted by Gasteiger charge is -2.21. The van der Waals surface area contributed by atoms with Crippen LogP contribution in [0.2, 0.25) is 5.15 Å². The van der Waals surface area contributed by atoms with Crippen LogP contribution in [0.4, 0.5) is 5.82 Å². The van der Waals surface area contributed by atoms with E-state index in [0.717, 1.165) is 5.56 Å². The van der Waals surface area contributed by atoms with Gasteiger partial charge in [-0.3, -0.25) is 4.79 Å². The van der Waals surface area contributed by atoms with Crippen molar-refractivity contribution in [1.29, 1.82) is 0 Å². The van der Waals surface area contributed by atoms with Crippen molar-refractivity contribution in [2.75, 3.05) is 25.0 Å². The second-order valence-corrected chi connectivity index (χ2v) is 5.74. The Morgan fingerprint density at radius 1 is 1.52 bits per heavy atom. The number of fused-ring (bicyclic) bond motifs is 1. The van der Waals surface area contributed by atoms with Crippen LogP contribution in [0.15, 0.2) is 6.33 Å². The van der Waals surface area contributed by atoms with Crippen molar-refractivity contribution in [2.24, 2.45) is 5.92 Å². The van der Waals surface area contributed by atoms with Crippen LogP contribution < -0.4 is 10.2 Å². The molecule has 0 unspecified atom stereocenters. The van der Waals surface area contributed by atoms with Crippen molar-refractivity contribution < 1.29 is 4.79 Å². The molecule has 114 valence electrons. The number of halogens is 1. The Balaban J connectivity index is 2.23. The summed E-state index contributed by atoms with van der Waals surface area (Å²) in [5, 5.41) is 7.38. The molecule has 2 heterocycles. The van der Waals surface area contributed by atoms with E-state index >= 15 is 0 Å². The summed E-state index contributed by atoms with van der Waals surface area (Å²) in [6, 6.07) is 0. The summed E-state index contributed by atoms with van der Waals surface area (Å²) in [6.07, 6.45) is 1.41. The Bertz CT molecular complexity index is 653. The molecule has 0 radical (unpaired) electrons. The van der Waals surface area contributed by atoms with E-state index in [1.807, 2.05) is 14.0 Å². The topological polar surface area (TPSA) is 75.4 Å². The van der Waals surface area contributed by atoms with Crippen molar-refractivity contribution in [3.63, 3.8) is 0 Å². The average Bonchev–Trinajstić information content (AvgIpc) is 2.84. The fraction of sp³-hybridized carbons (Fsp3) is 0.538. The SMILES string of the molecule is Cc1c(Cl)nc2ncnn2c1N(C)CC(=O)NCC(C)C. The standard InChI is InChI=1S/C13H19ClN6O/c1-8(2)5-15-10(21)6-19(4)12-9(3)11(14)18-13-16-7-17-20(12)13/h7-8H,5-6H2,1-4H3,(H,15,21). The molecular weight excluding hydrogens is 292 g/mol. The third-order valence-electron chi connectivity index (χ3n) is 3.02. The zero-order chi connectivity index (χ0) is 15.6. The number of nitrogens with zero attached hydrogens (tertiary/aromatic N) is 5. The highest BCUT2D eigenvalue weighted by molar-refractivity contribution is 6.30. The molecule has 1 amide bonds. The predicted octanol–water partition coefficient (Wildman–Crippen LogP) is 1.29. The highest BCUT2D eigenvalue weighted by Gasteiger charge is 2.17. The third-order valence-corrected chi connectivity index (χ3v) is 3.39. The maximum absolute atomic E-state index is 12.0. The highest BCUT2D eigenvalue weighted by Crippen LogP contribution is 2.24. The summed E-state index contributed by atoms with van der Waals surface area (Å²) in [5.74, 6) is 1.49.